The molecule has 26 heavy (non-hydrogen) atoms. The third-order valence-corrected chi connectivity index (χ3v) is 4.29. The number of rotatable bonds is 4. The highest BCUT2D eigenvalue weighted by atomic mass is 16.2. The van der Waals surface area contributed by atoms with Gasteiger partial charge in [0.1, 0.15) is 6.04 Å². The summed E-state index contributed by atoms with van der Waals surface area (Å²) >= 11 is 0. The molecule has 0 bridgehead atoms. The Kier molecular flexibility index (Phi) is 3.96. The highest BCUT2D eigenvalue weighted by molar-refractivity contribution is 6.01. The van der Waals surface area contributed by atoms with Gasteiger partial charge in [-0.2, -0.15) is 4.98 Å². The molecule has 4 rings (SSSR count). The number of carbonyl (C=O) groups is 2. The van der Waals surface area contributed by atoms with E-state index in [0.717, 1.165) is 16.8 Å². The van der Waals surface area contributed by atoms with E-state index in [2.05, 4.69) is 20.7 Å². The van der Waals surface area contributed by atoms with Crippen LogP contribution in [0.5, 0.6) is 0 Å². The zero-order chi connectivity index (χ0) is 18.1. The molecule has 0 unspecified atom stereocenters. The number of nitrogens with one attached hydrogen (secondary N) is 2. The highest BCUT2D eigenvalue weighted by Crippen LogP contribution is 2.28. The van der Waals surface area contributed by atoms with E-state index in [0.29, 0.717) is 11.8 Å². The van der Waals surface area contributed by atoms with Crippen LogP contribution in [0.2, 0.25) is 0 Å². The third kappa shape index (κ3) is 2.95. The van der Waals surface area contributed by atoms with Crippen molar-refractivity contribution in [3.8, 4) is 11.4 Å². The Bertz CT molecular complexity index is 981. The molecule has 3 aromatic rings. The summed E-state index contributed by atoms with van der Waals surface area (Å²) in [7, 11) is 0. The van der Waals surface area contributed by atoms with Crippen molar-refractivity contribution >= 4 is 23.5 Å². The first-order valence-electron chi connectivity index (χ1n) is 8.30. The second-order valence-corrected chi connectivity index (χ2v) is 6.14. The highest BCUT2D eigenvalue weighted by Gasteiger charge is 2.35. The fourth-order valence-corrected chi connectivity index (χ4v) is 2.91. The van der Waals surface area contributed by atoms with Gasteiger partial charge in [-0.3, -0.25) is 14.9 Å². The summed E-state index contributed by atoms with van der Waals surface area (Å²) in [5.41, 5.74) is 2.55. The molecule has 0 fully saturated rings. The summed E-state index contributed by atoms with van der Waals surface area (Å²) in [6.07, 6.45) is -0.00917. The topological polar surface area (TPSA) is 88.9 Å². The van der Waals surface area contributed by atoms with Crippen LogP contribution in [-0.4, -0.2) is 26.6 Å². The lowest BCUT2D eigenvalue weighted by Crippen LogP contribution is -2.24. The number of benzene rings is 2. The number of aryl methyl sites for hydroxylation is 1. The summed E-state index contributed by atoms with van der Waals surface area (Å²) in [6.45, 7) is 1.92. The van der Waals surface area contributed by atoms with E-state index in [-0.39, 0.29) is 18.2 Å². The van der Waals surface area contributed by atoms with E-state index in [9.17, 15) is 9.59 Å². The second-order valence-electron chi connectivity index (χ2n) is 6.14. The molecule has 7 nitrogen and oxygen atoms in total. The molecule has 1 atom stereocenters. The first-order valence-corrected chi connectivity index (χ1v) is 8.30. The number of fused-ring (bicyclic) bond motifs is 1. The van der Waals surface area contributed by atoms with E-state index >= 15 is 0 Å². The molecular weight excluding hydrogens is 330 g/mol. The second kappa shape index (κ2) is 6.44. The van der Waals surface area contributed by atoms with Crippen LogP contribution >= 0.6 is 0 Å². The first-order chi connectivity index (χ1) is 12.6. The lowest BCUT2D eigenvalue weighted by atomic mass is 10.1. The zero-order valence-corrected chi connectivity index (χ0v) is 14.1. The van der Waals surface area contributed by atoms with Crippen molar-refractivity contribution in [3.63, 3.8) is 0 Å². The van der Waals surface area contributed by atoms with Crippen molar-refractivity contribution in [2.24, 2.45) is 0 Å². The number of hydrogen-bond donors (Lipinski definition) is 2. The van der Waals surface area contributed by atoms with E-state index < -0.39 is 6.04 Å². The molecule has 130 valence electrons. The first kappa shape index (κ1) is 16.0. The van der Waals surface area contributed by atoms with Crippen molar-refractivity contribution in [3.05, 3.63) is 60.2 Å². The predicted octanol–water partition coefficient (Wildman–Crippen LogP) is 2.78. The minimum absolute atomic E-state index is 0.00917. The van der Waals surface area contributed by atoms with Crippen molar-refractivity contribution in [2.75, 3.05) is 10.6 Å². The standard InChI is InChI=1S/C19H17N5O2/c1-12-7-5-6-10-14(12)20-16(25)11-15-18(26)22-19-21-17(23-24(15)19)13-8-3-2-4-9-13/h2-10,15H,11H2,1H3,(H,20,25)(H,21,22,23,26)/t15-/m0/s1. The monoisotopic (exact) mass is 347 g/mol. The molecule has 1 aliphatic rings. The fourth-order valence-electron chi connectivity index (χ4n) is 2.91. The molecule has 1 aliphatic heterocycles. The van der Waals surface area contributed by atoms with Gasteiger partial charge in [-0.1, -0.05) is 48.5 Å². The number of hydrogen-bond acceptors (Lipinski definition) is 4. The molecule has 0 spiro atoms. The zero-order valence-electron chi connectivity index (χ0n) is 14.1. The van der Waals surface area contributed by atoms with Gasteiger partial charge in [0.05, 0.1) is 6.42 Å². The summed E-state index contributed by atoms with van der Waals surface area (Å²) in [5, 5.41) is 9.95. The fraction of sp³-hybridized carbons (Fsp3) is 0.158. The van der Waals surface area contributed by atoms with Gasteiger partial charge in [-0.15, -0.1) is 5.10 Å². The van der Waals surface area contributed by atoms with E-state index in [4.69, 9.17) is 0 Å². The van der Waals surface area contributed by atoms with Crippen molar-refractivity contribution < 1.29 is 9.59 Å². The lowest BCUT2D eigenvalue weighted by molar-refractivity contribution is -0.123. The molecule has 0 saturated carbocycles. The molecule has 0 aliphatic carbocycles. The quantitative estimate of drug-likeness (QED) is 0.759. The lowest BCUT2D eigenvalue weighted by Gasteiger charge is -2.11. The maximum Gasteiger partial charge on any atom is 0.252 e. The molecule has 0 radical (unpaired) electrons. The van der Waals surface area contributed by atoms with Gasteiger partial charge in [-0.25, -0.2) is 4.68 Å². The summed E-state index contributed by atoms with van der Waals surface area (Å²) < 4.78 is 1.49. The maximum absolute atomic E-state index is 12.4. The Morgan fingerprint density at radius 3 is 2.65 bits per heavy atom. The molecule has 0 saturated heterocycles. The number of anilines is 2. The van der Waals surface area contributed by atoms with Gasteiger partial charge in [0.25, 0.3) is 5.91 Å². The van der Waals surface area contributed by atoms with Gasteiger partial charge < -0.3 is 5.32 Å². The molecule has 2 aromatic carbocycles. The number of nitrogens with zero attached hydrogens (tertiary/aromatic N) is 3. The van der Waals surface area contributed by atoms with E-state index in [1.54, 1.807) is 0 Å². The number of carbonyl (C=O) groups excluding carboxylic acids is 2. The van der Waals surface area contributed by atoms with Crippen molar-refractivity contribution in [1.82, 2.24) is 14.8 Å². The van der Waals surface area contributed by atoms with Gasteiger partial charge in [0.15, 0.2) is 5.82 Å². The van der Waals surface area contributed by atoms with Gasteiger partial charge >= 0.3 is 0 Å². The largest absolute Gasteiger partial charge is 0.326 e. The average Bonchev–Trinajstić information content (AvgIpc) is 3.17. The molecule has 2 heterocycles. The smallest absolute Gasteiger partial charge is 0.252 e. The maximum atomic E-state index is 12.4. The van der Waals surface area contributed by atoms with Crippen molar-refractivity contribution in [2.45, 2.75) is 19.4 Å². The third-order valence-electron chi connectivity index (χ3n) is 4.29. The average molecular weight is 347 g/mol. The summed E-state index contributed by atoms with van der Waals surface area (Å²) in [6, 6.07) is 16.3. The van der Waals surface area contributed by atoms with Gasteiger partial charge in [0.2, 0.25) is 11.9 Å². The predicted molar refractivity (Wildman–Crippen MR) is 97.6 cm³/mol. The Morgan fingerprint density at radius 1 is 1.15 bits per heavy atom. The molecule has 1 aromatic heterocycles. The van der Waals surface area contributed by atoms with Crippen LogP contribution < -0.4 is 10.6 Å². The molecule has 2 amide bonds. The van der Waals surface area contributed by atoms with Crippen LogP contribution in [0.3, 0.4) is 0 Å². The van der Waals surface area contributed by atoms with Gasteiger partial charge in [-0.05, 0) is 18.6 Å². The minimum atomic E-state index is -0.709. The number of para-hydroxylation sites is 1. The Labute approximate surface area is 150 Å². The molecular formula is C19H17N5O2. The van der Waals surface area contributed by atoms with Crippen LogP contribution in [0, 0.1) is 6.92 Å². The Balaban J connectivity index is 1.53. The van der Waals surface area contributed by atoms with Crippen LogP contribution in [0.25, 0.3) is 11.4 Å². The summed E-state index contributed by atoms with van der Waals surface area (Å²) in [4.78, 5) is 29.0. The Morgan fingerprint density at radius 2 is 1.88 bits per heavy atom. The van der Waals surface area contributed by atoms with Crippen molar-refractivity contribution in [1.29, 1.82) is 0 Å². The normalized spacial score (nSPS) is 15.4. The minimum Gasteiger partial charge on any atom is -0.326 e. The molecule has 7 heteroatoms. The number of amides is 2. The van der Waals surface area contributed by atoms with Crippen LogP contribution in [0.15, 0.2) is 54.6 Å². The van der Waals surface area contributed by atoms with E-state index in [1.807, 2.05) is 61.5 Å². The SMILES string of the molecule is Cc1ccccc1NC(=O)C[C@H]1C(=O)Nc2nc(-c3ccccc3)nn21. The van der Waals surface area contributed by atoms with Gasteiger partial charge in [0, 0.05) is 11.3 Å². The van der Waals surface area contributed by atoms with Crippen LogP contribution in [0.1, 0.15) is 18.0 Å². The number of aromatic nitrogens is 3. The van der Waals surface area contributed by atoms with Crippen LogP contribution in [-0.2, 0) is 9.59 Å². The van der Waals surface area contributed by atoms with E-state index in [1.165, 1.54) is 4.68 Å². The Hall–Kier alpha value is -3.48. The van der Waals surface area contributed by atoms with Crippen LogP contribution in [0.4, 0.5) is 11.6 Å². The summed E-state index contributed by atoms with van der Waals surface area (Å²) in [5.74, 6) is 0.357. The molecule has 2 N–H and O–H groups in total.